The van der Waals surface area contributed by atoms with E-state index >= 15 is 0 Å². The van der Waals surface area contributed by atoms with Crippen molar-refractivity contribution in [2.45, 2.75) is 19.3 Å². The molecule has 0 amide bonds. The van der Waals surface area contributed by atoms with Gasteiger partial charge in [-0.2, -0.15) is 0 Å². The molecule has 0 unspecified atom stereocenters. The second-order valence-corrected chi connectivity index (χ2v) is 16.6. The van der Waals surface area contributed by atoms with Crippen molar-refractivity contribution in [1.82, 2.24) is 14.5 Å². The Kier molecular flexibility index (Phi) is 7.58. The van der Waals surface area contributed by atoms with E-state index in [9.17, 15) is 0 Å². The third kappa shape index (κ3) is 5.22. The van der Waals surface area contributed by atoms with Gasteiger partial charge in [-0.25, -0.2) is 9.97 Å². The Labute approximate surface area is 348 Å². The average Bonchev–Trinajstić information content (AvgIpc) is 3.75. The summed E-state index contributed by atoms with van der Waals surface area (Å²) in [4.78, 5) is 10.7. The van der Waals surface area contributed by atoms with Gasteiger partial charge >= 0.3 is 0 Å². The topological polar surface area (TPSA) is 30.7 Å². The summed E-state index contributed by atoms with van der Waals surface area (Å²) in [6.07, 6.45) is 0. The lowest BCUT2D eigenvalue weighted by Gasteiger charge is -2.22. The molecule has 0 atom stereocenters. The zero-order valence-electron chi connectivity index (χ0n) is 33.4. The molecule has 0 bridgehead atoms. The molecular weight excluding hydrogens is 727 g/mol. The highest BCUT2D eigenvalue weighted by atomic mass is 15.0. The van der Waals surface area contributed by atoms with E-state index in [0.717, 1.165) is 39.2 Å². The van der Waals surface area contributed by atoms with Gasteiger partial charge < -0.3 is 4.57 Å². The summed E-state index contributed by atoms with van der Waals surface area (Å²) < 4.78 is 2.39. The SMILES string of the molecule is CC1(C)c2cc3ccccc3cc2-c2c(-c3cc(-c4ccc(-c5ccc6c7ccccc7n(-c7ccccc7)c6c5)c5ccccc45)nc(-c4ccccc4)n3)cccc21. The van der Waals surface area contributed by atoms with Crippen LogP contribution < -0.4 is 0 Å². The Morgan fingerprint density at radius 3 is 1.78 bits per heavy atom. The molecule has 1 aliphatic carbocycles. The van der Waals surface area contributed by atoms with Gasteiger partial charge in [-0.1, -0.05) is 172 Å². The molecule has 0 fully saturated rings. The smallest absolute Gasteiger partial charge is 0.160 e. The second-order valence-electron chi connectivity index (χ2n) is 16.6. The molecule has 12 rings (SSSR count). The number of rotatable bonds is 5. The summed E-state index contributed by atoms with van der Waals surface area (Å²) in [5.74, 6) is 0.712. The molecule has 0 N–H and O–H groups in total. The molecule has 60 heavy (non-hydrogen) atoms. The molecule has 2 aromatic heterocycles. The van der Waals surface area contributed by atoms with Crippen molar-refractivity contribution in [3.05, 3.63) is 211 Å². The summed E-state index contributed by atoms with van der Waals surface area (Å²) in [5, 5.41) is 7.34. The van der Waals surface area contributed by atoms with Crippen LogP contribution in [0.25, 0.3) is 105 Å². The fourth-order valence-corrected chi connectivity index (χ4v) is 9.89. The van der Waals surface area contributed by atoms with Crippen molar-refractivity contribution >= 4 is 43.4 Å². The van der Waals surface area contributed by atoms with Crippen molar-refractivity contribution in [2.24, 2.45) is 0 Å². The van der Waals surface area contributed by atoms with Crippen LogP contribution in [-0.2, 0) is 5.41 Å². The first kappa shape index (κ1) is 34.4. The molecule has 0 radical (unpaired) electrons. The Hall–Kier alpha value is -7.62. The van der Waals surface area contributed by atoms with E-state index in [0.29, 0.717) is 5.82 Å². The largest absolute Gasteiger partial charge is 0.309 e. The fraction of sp³-hybridized carbons (Fsp3) is 0.0526. The van der Waals surface area contributed by atoms with E-state index in [1.54, 1.807) is 0 Å². The zero-order valence-corrected chi connectivity index (χ0v) is 33.4. The highest BCUT2D eigenvalue weighted by Gasteiger charge is 2.37. The van der Waals surface area contributed by atoms with E-state index in [1.807, 2.05) is 6.07 Å². The number of hydrogen-bond acceptors (Lipinski definition) is 2. The molecule has 2 heterocycles. The average molecular weight is 766 g/mol. The molecule has 9 aromatic carbocycles. The molecule has 11 aromatic rings. The molecule has 0 spiro atoms. The number of benzene rings is 9. The van der Waals surface area contributed by atoms with Crippen LogP contribution in [0.2, 0.25) is 0 Å². The first-order valence-electron chi connectivity index (χ1n) is 20.7. The van der Waals surface area contributed by atoms with Crippen molar-refractivity contribution in [3.8, 4) is 61.8 Å². The van der Waals surface area contributed by atoms with Crippen molar-refractivity contribution in [2.75, 3.05) is 0 Å². The van der Waals surface area contributed by atoms with Crippen LogP contribution in [0.1, 0.15) is 25.0 Å². The van der Waals surface area contributed by atoms with E-state index in [1.165, 1.54) is 71.3 Å². The van der Waals surface area contributed by atoms with Crippen LogP contribution in [0, 0.1) is 0 Å². The Bertz CT molecular complexity index is 3500. The summed E-state index contributed by atoms with van der Waals surface area (Å²) >= 11 is 0. The maximum Gasteiger partial charge on any atom is 0.160 e. The summed E-state index contributed by atoms with van der Waals surface area (Å²) in [6.45, 7) is 4.70. The predicted octanol–water partition coefficient (Wildman–Crippen LogP) is 14.9. The van der Waals surface area contributed by atoms with Gasteiger partial charge in [-0.15, -0.1) is 0 Å². The molecule has 3 nitrogen and oxygen atoms in total. The van der Waals surface area contributed by atoms with Crippen molar-refractivity contribution in [3.63, 3.8) is 0 Å². The number of nitrogens with zero attached hydrogens (tertiary/aromatic N) is 3. The van der Waals surface area contributed by atoms with Crippen LogP contribution in [0.15, 0.2) is 200 Å². The summed E-state index contributed by atoms with van der Waals surface area (Å²) in [5.41, 5.74) is 16.0. The highest BCUT2D eigenvalue weighted by Crippen LogP contribution is 2.53. The molecule has 0 saturated heterocycles. The highest BCUT2D eigenvalue weighted by molar-refractivity contribution is 6.12. The van der Waals surface area contributed by atoms with E-state index in [-0.39, 0.29) is 5.41 Å². The van der Waals surface area contributed by atoms with Crippen LogP contribution in [0.5, 0.6) is 0 Å². The number of para-hydroxylation sites is 2. The van der Waals surface area contributed by atoms with Gasteiger partial charge in [0.25, 0.3) is 0 Å². The van der Waals surface area contributed by atoms with Crippen LogP contribution >= 0.6 is 0 Å². The minimum Gasteiger partial charge on any atom is -0.309 e. The van der Waals surface area contributed by atoms with Gasteiger partial charge in [0.15, 0.2) is 5.82 Å². The van der Waals surface area contributed by atoms with Gasteiger partial charge in [0, 0.05) is 38.6 Å². The molecular formula is C57H39N3. The fourth-order valence-electron chi connectivity index (χ4n) is 9.89. The van der Waals surface area contributed by atoms with Gasteiger partial charge in [0.1, 0.15) is 0 Å². The molecule has 0 aliphatic heterocycles. The van der Waals surface area contributed by atoms with Crippen molar-refractivity contribution in [1.29, 1.82) is 0 Å². The van der Waals surface area contributed by atoms with E-state index in [2.05, 4.69) is 213 Å². The lowest BCUT2D eigenvalue weighted by molar-refractivity contribution is 0.661. The van der Waals surface area contributed by atoms with E-state index in [4.69, 9.17) is 9.97 Å². The third-order valence-electron chi connectivity index (χ3n) is 12.8. The minimum atomic E-state index is -0.159. The van der Waals surface area contributed by atoms with Crippen LogP contribution in [-0.4, -0.2) is 14.5 Å². The minimum absolute atomic E-state index is 0.159. The maximum absolute atomic E-state index is 5.37. The zero-order chi connectivity index (χ0) is 40.0. The normalized spacial score (nSPS) is 13.0. The van der Waals surface area contributed by atoms with Crippen molar-refractivity contribution < 1.29 is 0 Å². The number of aromatic nitrogens is 3. The Morgan fingerprint density at radius 1 is 0.383 bits per heavy atom. The second kappa shape index (κ2) is 13.2. The quantitative estimate of drug-likeness (QED) is 0.175. The van der Waals surface area contributed by atoms with Crippen LogP contribution in [0.4, 0.5) is 0 Å². The van der Waals surface area contributed by atoms with Gasteiger partial charge in [-0.3, -0.25) is 0 Å². The molecule has 1 aliphatic rings. The maximum atomic E-state index is 5.37. The van der Waals surface area contributed by atoms with Gasteiger partial charge in [0.05, 0.1) is 22.4 Å². The Morgan fingerprint density at radius 2 is 1.00 bits per heavy atom. The lowest BCUT2D eigenvalue weighted by atomic mass is 9.81. The summed E-state index contributed by atoms with van der Waals surface area (Å²) in [6, 6.07) is 72.4. The van der Waals surface area contributed by atoms with Crippen LogP contribution in [0.3, 0.4) is 0 Å². The third-order valence-corrected chi connectivity index (χ3v) is 12.8. The number of hydrogen-bond donors (Lipinski definition) is 0. The Balaban J connectivity index is 1.06. The van der Waals surface area contributed by atoms with E-state index < -0.39 is 0 Å². The first-order valence-corrected chi connectivity index (χ1v) is 20.7. The standard InChI is InChI=1S/C57H39N3/c1-57(2)49-26-15-25-47(55(49)48-32-37-18-9-10-19-38(37)33-50(48)57)52-35-51(58-56(59-52)36-16-5-3-6-17-36)44-31-30-41(42-22-11-12-23-43(42)44)39-28-29-46-45-24-13-14-27-53(45)60(54(46)34-39)40-20-7-4-8-21-40/h3-35H,1-2H3. The molecule has 3 heteroatoms. The summed E-state index contributed by atoms with van der Waals surface area (Å²) in [7, 11) is 0. The number of fused-ring (bicyclic) bond motifs is 8. The first-order chi connectivity index (χ1) is 29.5. The van der Waals surface area contributed by atoms with Gasteiger partial charge in [-0.05, 0) is 97.4 Å². The predicted molar refractivity (Wildman–Crippen MR) is 251 cm³/mol. The molecule has 0 saturated carbocycles. The lowest BCUT2D eigenvalue weighted by Crippen LogP contribution is -2.14. The monoisotopic (exact) mass is 765 g/mol. The van der Waals surface area contributed by atoms with Gasteiger partial charge in [0.2, 0.25) is 0 Å². The molecule has 282 valence electrons.